The van der Waals surface area contributed by atoms with E-state index in [1.807, 2.05) is 24.3 Å². The molecule has 0 saturated carbocycles. The number of para-hydroxylation sites is 2. The summed E-state index contributed by atoms with van der Waals surface area (Å²) in [5.74, 6) is 0.408. The maximum atomic E-state index is 12.2. The Morgan fingerprint density at radius 1 is 1.48 bits per heavy atom. The molecule has 0 fully saturated rings. The first kappa shape index (κ1) is 15.6. The average Bonchev–Trinajstić information content (AvgIpc) is 2.45. The standard InChI is InChI=1S/C15H17BrN2O3/c1-10(16)9-17-14(19)7-8-18-12-5-3-4-6-13(12)21-11(2)15(18)20/h3-6,11H,1,7-9H2,2H3,(H,17,19)/t11-/m0/s1. The lowest BCUT2D eigenvalue weighted by Crippen LogP contribution is -2.45. The number of anilines is 1. The lowest BCUT2D eigenvalue weighted by molar-refractivity contribution is -0.125. The van der Waals surface area contributed by atoms with Crippen molar-refractivity contribution in [2.24, 2.45) is 0 Å². The quantitative estimate of drug-likeness (QED) is 0.883. The largest absolute Gasteiger partial charge is 0.479 e. The van der Waals surface area contributed by atoms with Crippen molar-refractivity contribution in [3.8, 4) is 5.75 Å². The van der Waals surface area contributed by atoms with E-state index >= 15 is 0 Å². The van der Waals surface area contributed by atoms with Crippen LogP contribution >= 0.6 is 15.9 Å². The monoisotopic (exact) mass is 352 g/mol. The lowest BCUT2D eigenvalue weighted by atomic mass is 10.1. The zero-order chi connectivity index (χ0) is 15.4. The highest BCUT2D eigenvalue weighted by atomic mass is 79.9. The van der Waals surface area contributed by atoms with Crippen LogP contribution in [0.25, 0.3) is 0 Å². The molecule has 1 aliphatic heterocycles. The Balaban J connectivity index is 2.03. The third-order valence-corrected chi connectivity index (χ3v) is 3.39. The second-order valence-electron chi connectivity index (χ2n) is 4.76. The van der Waals surface area contributed by atoms with Crippen LogP contribution in [0, 0.1) is 0 Å². The van der Waals surface area contributed by atoms with Crippen LogP contribution in [-0.2, 0) is 9.59 Å². The average molecular weight is 353 g/mol. The van der Waals surface area contributed by atoms with Crippen molar-refractivity contribution < 1.29 is 14.3 Å². The van der Waals surface area contributed by atoms with Crippen LogP contribution in [0.2, 0.25) is 0 Å². The second kappa shape index (κ2) is 6.76. The Labute approximate surface area is 132 Å². The molecule has 0 spiro atoms. The van der Waals surface area contributed by atoms with Crippen LogP contribution in [0.3, 0.4) is 0 Å². The van der Waals surface area contributed by atoms with Gasteiger partial charge in [-0.05, 0) is 19.1 Å². The van der Waals surface area contributed by atoms with Gasteiger partial charge in [0.1, 0.15) is 5.75 Å². The number of fused-ring (bicyclic) bond motifs is 1. The van der Waals surface area contributed by atoms with Crippen LogP contribution in [0.1, 0.15) is 13.3 Å². The number of hydrogen-bond donors (Lipinski definition) is 1. The van der Waals surface area contributed by atoms with Gasteiger partial charge in [0.15, 0.2) is 6.10 Å². The number of ether oxygens (including phenoxy) is 1. The Hall–Kier alpha value is -1.82. The molecule has 0 aromatic heterocycles. The predicted octanol–water partition coefficient (Wildman–Crippen LogP) is 2.22. The molecule has 1 aromatic rings. The fraction of sp³-hybridized carbons (Fsp3) is 0.333. The minimum absolute atomic E-state index is 0.125. The number of halogens is 1. The minimum atomic E-state index is -0.537. The van der Waals surface area contributed by atoms with E-state index in [-0.39, 0.29) is 18.2 Å². The van der Waals surface area contributed by atoms with Gasteiger partial charge in [0.2, 0.25) is 5.91 Å². The summed E-state index contributed by atoms with van der Waals surface area (Å²) in [6.45, 7) is 6.06. The maximum absolute atomic E-state index is 12.2. The Kier molecular flexibility index (Phi) is 5.01. The molecule has 2 amide bonds. The molecule has 1 heterocycles. The highest BCUT2D eigenvalue weighted by Crippen LogP contribution is 2.33. The van der Waals surface area contributed by atoms with E-state index in [1.54, 1.807) is 11.8 Å². The molecular formula is C15H17BrN2O3. The second-order valence-corrected chi connectivity index (χ2v) is 5.88. The first-order chi connectivity index (χ1) is 9.99. The number of nitrogens with one attached hydrogen (secondary N) is 1. The summed E-state index contributed by atoms with van der Waals surface area (Å²) in [7, 11) is 0. The van der Waals surface area contributed by atoms with Gasteiger partial charge in [0, 0.05) is 24.0 Å². The minimum Gasteiger partial charge on any atom is -0.479 e. The van der Waals surface area contributed by atoms with Gasteiger partial charge >= 0.3 is 0 Å². The fourth-order valence-electron chi connectivity index (χ4n) is 2.09. The molecule has 112 valence electrons. The number of amides is 2. The van der Waals surface area contributed by atoms with Gasteiger partial charge in [-0.3, -0.25) is 9.59 Å². The van der Waals surface area contributed by atoms with Crippen molar-refractivity contribution in [1.29, 1.82) is 0 Å². The van der Waals surface area contributed by atoms with Crippen LogP contribution in [-0.4, -0.2) is 31.0 Å². The van der Waals surface area contributed by atoms with Gasteiger partial charge in [0.25, 0.3) is 5.91 Å². The number of benzene rings is 1. The summed E-state index contributed by atoms with van der Waals surface area (Å²) < 4.78 is 6.26. The number of hydrogen-bond acceptors (Lipinski definition) is 3. The summed E-state index contributed by atoms with van der Waals surface area (Å²) >= 11 is 3.18. The molecule has 6 heteroatoms. The molecule has 0 unspecified atom stereocenters. The van der Waals surface area contributed by atoms with E-state index in [0.717, 1.165) is 0 Å². The predicted molar refractivity (Wildman–Crippen MR) is 84.6 cm³/mol. The van der Waals surface area contributed by atoms with Crippen molar-refractivity contribution >= 4 is 33.4 Å². The normalized spacial score (nSPS) is 17.0. The van der Waals surface area contributed by atoms with Crippen LogP contribution in [0.15, 0.2) is 35.3 Å². The van der Waals surface area contributed by atoms with Crippen molar-refractivity contribution in [2.45, 2.75) is 19.4 Å². The summed E-state index contributed by atoms with van der Waals surface area (Å²) in [6.07, 6.45) is -0.308. The summed E-state index contributed by atoms with van der Waals surface area (Å²) in [6, 6.07) is 7.33. The first-order valence-electron chi connectivity index (χ1n) is 6.66. The summed E-state index contributed by atoms with van der Waals surface area (Å²) in [5, 5.41) is 2.72. The lowest BCUT2D eigenvalue weighted by Gasteiger charge is -2.32. The SMILES string of the molecule is C=C(Br)CNC(=O)CCN1C(=O)[C@H](C)Oc2ccccc21. The molecule has 21 heavy (non-hydrogen) atoms. The van der Waals surface area contributed by atoms with Crippen molar-refractivity contribution in [1.82, 2.24) is 5.32 Å². The van der Waals surface area contributed by atoms with E-state index in [1.165, 1.54) is 0 Å². The zero-order valence-electron chi connectivity index (χ0n) is 11.8. The molecule has 5 nitrogen and oxygen atoms in total. The topological polar surface area (TPSA) is 58.6 Å². The van der Waals surface area contributed by atoms with E-state index in [4.69, 9.17) is 4.74 Å². The van der Waals surface area contributed by atoms with Gasteiger partial charge in [-0.1, -0.05) is 34.6 Å². The van der Waals surface area contributed by atoms with Crippen molar-refractivity contribution in [3.63, 3.8) is 0 Å². The first-order valence-corrected chi connectivity index (χ1v) is 7.45. The Bertz CT molecular complexity index is 574. The van der Waals surface area contributed by atoms with Gasteiger partial charge in [-0.25, -0.2) is 0 Å². The summed E-state index contributed by atoms with van der Waals surface area (Å²) in [4.78, 5) is 25.6. The van der Waals surface area contributed by atoms with Gasteiger partial charge in [-0.2, -0.15) is 0 Å². The Morgan fingerprint density at radius 2 is 2.19 bits per heavy atom. The molecule has 0 saturated heterocycles. The molecule has 1 N–H and O–H groups in total. The zero-order valence-corrected chi connectivity index (χ0v) is 13.4. The third kappa shape index (κ3) is 3.85. The van der Waals surface area contributed by atoms with Crippen molar-refractivity contribution in [3.05, 3.63) is 35.3 Å². The van der Waals surface area contributed by atoms with Crippen molar-refractivity contribution in [2.75, 3.05) is 18.0 Å². The smallest absolute Gasteiger partial charge is 0.267 e. The highest BCUT2D eigenvalue weighted by Gasteiger charge is 2.31. The van der Waals surface area contributed by atoms with E-state index in [9.17, 15) is 9.59 Å². The third-order valence-electron chi connectivity index (χ3n) is 3.11. The van der Waals surface area contributed by atoms with E-state index < -0.39 is 6.10 Å². The number of nitrogens with zero attached hydrogens (tertiary/aromatic N) is 1. The van der Waals surface area contributed by atoms with Gasteiger partial charge < -0.3 is 15.0 Å². The molecule has 2 rings (SSSR count). The number of carbonyl (C=O) groups excluding carboxylic acids is 2. The number of rotatable bonds is 5. The fourth-order valence-corrected chi connectivity index (χ4v) is 2.23. The Morgan fingerprint density at radius 3 is 2.90 bits per heavy atom. The van der Waals surface area contributed by atoms with E-state index in [2.05, 4.69) is 27.8 Å². The molecule has 1 atom stereocenters. The molecular weight excluding hydrogens is 336 g/mol. The maximum Gasteiger partial charge on any atom is 0.267 e. The molecule has 0 radical (unpaired) electrons. The van der Waals surface area contributed by atoms with Crippen LogP contribution in [0.5, 0.6) is 5.75 Å². The molecule has 1 aliphatic rings. The van der Waals surface area contributed by atoms with Crippen LogP contribution in [0.4, 0.5) is 5.69 Å². The van der Waals surface area contributed by atoms with Gasteiger partial charge in [0.05, 0.1) is 5.69 Å². The van der Waals surface area contributed by atoms with E-state index in [0.29, 0.717) is 29.0 Å². The molecule has 0 bridgehead atoms. The number of carbonyl (C=O) groups is 2. The van der Waals surface area contributed by atoms with Crippen LogP contribution < -0.4 is 15.0 Å². The highest BCUT2D eigenvalue weighted by molar-refractivity contribution is 9.11. The summed E-state index contributed by atoms with van der Waals surface area (Å²) in [5.41, 5.74) is 0.707. The molecule has 1 aromatic carbocycles. The van der Waals surface area contributed by atoms with Gasteiger partial charge in [-0.15, -0.1) is 0 Å². The molecule has 0 aliphatic carbocycles.